The zero-order valence-corrected chi connectivity index (χ0v) is 21.3. The molecule has 0 saturated carbocycles. The lowest BCUT2D eigenvalue weighted by atomic mass is 9.98. The number of likely N-dealkylation sites (N-methyl/N-ethyl adjacent to an activating group) is 3. The average Bonchev–Trinajstić information content (AvgIpc) is 2.69. The molecule has 0 aliphatic rings. The van der Waals surface area contributed by atoms with Crippen molar-refractivity contribution in [3.8, 4) is 0 Å². The van der Waals surface area contributed by atoms with Crippen molar-refractivity contribution in [2.75, 3.05) is 27.7 Å². The Bertz CT molecular complexity index is 675. The van der Waals surface area contributed by atoms with Gasteiger partial charge in [0.05, 0.1) is 12.7 Å². The van der Waals surface area contributed by atoms with Gasteiger partial charge in [-0.25, -0.2) is 9.59 Å². The van der Waals surface area contributed by atoms with Gasteiger partial charge in [0.2, 0.25) is 11.8 Å². The Kier molecular flexibility index (Phi) is 11.1. The van der Waals surface area contributed by atoms with Crippen LogP contribution in [0.5, 0.6) is 0 Å². The fraction of sp³-hybridized carbons (Fsp3) is 0.818. The van der Waals surface area contributed by atoms with Crippen LogP contribution in [0.15, 0.2) is 0 Å². The van der Waals surface area contributed by atoms with E-state index in [4.69, 9.17) is 9.47 Å². The highest BCUT2D eigenvalue weighted by Gasteiger charge is 2.40. The molecule has 0 heterocycles. The molecule has 0 unspecified atom stereocenters. The molecule has 1 N–H and O–H groups in total. The second-order valence-corrected chi connectivity index (χ2v) is 9.27. The van der Waals surface area contributed by atoms with Gasteiger partial charge in [0.25, 0.3) is 0 Å². The van der Waals surface area contributed by atoms with Gasteiger partial charge in [-0.05, 0) is 47.5 Å². The van der Waals surface area contributed by atoms with Crippen molar-refractivity contribution in [1.29, 1.82) is 0 Å². The predicted octanol–water partition coefficient (Wildman–Crippen LogP) is 1.50. The molecule has 32 heavy (non-hydrogen) atoms. The number of amides is 3. The maximum atomic E-state index is 13.1. The average molecular weight is 460 g/mol. The molecule has 4 atom stereocenters. The number of carbonyl (C=O) groups excluding carboxylic acids is 4. The molecular weight excluding hydrogens is 418 g/mol. The van der Waals surface area contributed by atoms with Gasteiger partial charge in [-0.2, -0.15) is 0 Å². The number of rotatable bonds is 9. The zero-order chi connectivity index (χ0) is 25.5. The smallest absolute Gasteiger partial charge is 0.410 e. The van der Waals surface area contributed by atoms with Crippen LogP contribution in [0.25, 0.3) is 0 Å². The van der Waals surface area contributed by atoms with Gasteiger partial charge in [0, 0.05) is 21.1 Å². The Balaban J connectivity index is 5.52. The predicted molar refractivity (Wildman–Crippen MR) is 120 cm³/mol. The van der Waals surface area contributed by atoms with Crippen LogP contribution in [-0.4, -0.2) is 101 Å². The van der Waals surface area contributed by atoms with Crippen molar-refractivity contribution < 1.29 is 33.8 Å². The lowest BCUT2D eigenvalue weighted by Crippen LogP contribution is -2.58. The van der Waals surface area contributed by atoms with Crippen LogP contribution in [0, 0.1) is 5.92 Å². The van der Waals surface area contributed by atoms with Crippen molar-refractivity contribution >= 4 is 23.9 Å². The minimum Gasteiger partial charge on any atom is -0.464 e. The second-order valence-electron chi connectivity index (χ2n) is 9.27. The third-order valence-corrected chi connectivity index (χ3v) is 5.21. The van der Waals surface area contributed by atoms with Gasteiger partial charge < -0.3 is 24.4 Å². The highest BCUT2D eigenvalue weighted by atomic mass is 16.6. The van der Waals surface area contributed by atoms with E-state index in [0.29, 0.717) is 0 Å². The van der Waals surface area contributed by atoms with Gasteiger partial charge in [0.1, 0.15) is 17.7 Å². The summed E-state index contributed by atoms with van der Waals surface area (Å²) in [7, 11) is 4.27. The molecule has 0 rings (SSSR count). The van der Waals surface area contributed by atoms with E-state index in [1.165, 1.54) is 39.9 Å². The fourth-order valence-electron chi connectivity index (χ4n) is 2.86. The highest BCUT2D eigenvalue weighted by molar-refractivity contribution is 5.92. The minimum absolute atomic E-state index is 0.102. The monoisotopic (exact) mass is 459 g/mol. The topological polar surface area (TPSA) is 117 Å². The molecule has 0 spiro atoms. The van der Waals surface area contributed by atoms with Gasteiger partial charge in [0.15, 0.2) is 6.04 Å². The first-order chi connectivity index (χ1) is 14.5. The number of aliphatic hydroxyl groups excluding tert-OH is 1. The van der Waals surface area contributed by atoms with Gasteiger partial charge >= 0.3 is 12.1 Å². The molecule has 0 radical (unpaired) electrons. The van der Waals surface area contributed by atoms with Crippen molar-refractivity contribution in [2.45, 2.75) is 85.2 Å². The summed E-state index contributed by atoms with van der Waals surface area (Å²) in [5.41, 5.74) is -0.717. The first kappa shape index (κ1) is 29.6. The second kappa shape index (κ2) is 12.0. The molecule has 0 aliphatic carbocycles. The number of nitrogens with zero attached hydrogens (tertiary/aromatic N) is 3. The molecule has 0 bridgehead atoms. The molecule has 186 valence electrons. The summed E-state index contributed by atoms with van der Waals surface area (Å²) in [5.74, 6) is -2.06. The molecule has 0 fully saturated rings. The third-order valence-electron chi connectivity index (χ3n) is 5.21. The summed E-state index contributed by atoms with van der Waals surface area (Å²) in [5, 5.41) is 10.5. The number of esters is 1. The van der Waals surface area contributed by atoms with Crippen LogP contribution >= 0.6 is 0 Å². The Labute approximate surface area is 191 Å². The SMILES string of the molecule is CCOC(=O)[C@@H]([C@H](O)C(C)C)N(C)C(=O)[C@@H](C)N(C)C(=O)[C@H](C)N(C)C(=O)OC(C)(C)C. The number of aliphatic hydroxyl groups is 1. The zero-order valence-electron chi connectivity index (χ0n) is 21.3. The molecule has 0 aromatic rings. The van der Waals surface area contributed by atoms with Crippen LogP contribution in [-0.2, 0) is 23.9 Å². The number of carbonyl (C=O) groups is 4. The van der Waals surface area contributed by atoms with Crippen LogP contribution < -0.4 is 0 Å². The van der Waals surface area contributed by atoms with Crippen LogP contribution in [0.1, 0.15) is 55.4 Å². The first-order valence-electron chi connectivity index (χ1n) is 10.8. The minimum atomic E-state index is -1.21. The number of hydrogen-bond acceptors (Lipinski definition) is 7. The molecule has 0 aromatic heterocycles. The summed E-state index contributed by atoms with van der Waals surface area (Å²) in [6, 6.07) is -3.06. The first-order valence-corrected chi connectivity index (χ1v) is 10.8. The van der Waals surface area contributed by atoms with Gasteiger partial charge in [-0.1, -0.05) is 13.8 Å². The molecule has 0 aromatic carbocycles. The molecular formula is C22H41N3O7. The van der Waals surface area contributed by atoms with E-state index in [9.17, 15) is 24.3 Å². The fourth-order valence-corrected chi connectivity index (χ4v) is 2.86. The van der Waals surface area contributed by atoms with Gasteiger partial charge in [-0.3, -0.25) is 14.5 Å². The molecule has 10 heteroatoms. The lowest BCUT2D eigenvalue weighted by molar-refractivity contribution is -0.162. The Morgan fingerprint density at radius 2 is 1.28 bits per heavy atom. The Morgan fingerprint density at radius 3 is 1.69 bits per heavy atom. The van der Waals surface area contributed by atoms with Crippen molar-refractivity contribution in [1.82, 2.24) is 14.7 Å². The number of ether oxygens (including phenoxy) is 2. The molecule has 0 saturated heterocycles. The van der Waals surface area contributed by atoms with E-state index in [-0.39, 0.29) is 12.5 Å². The molecule has 0 aliphatic heterocycles. The van der Waals surface area contributed by atoms with Gasteiger partial charge in [-0.15, -0.1) is 0 Å². The summed E-state index contributed by atoms with van der Waals surface area (Å²) in [6.45, 7) is 13.4. The maximum absolute atomic E-state index is 13.1. The van der Waals surface area contributed by atoms with E-state index in [2.05, 4.69) is 0 Å². The van der Waals surface area contributed by atoms with Crippen molar-refractivity contribution in [3.05, 3.63) is 0 Å². The normalized spacial score (nSPS) is 15.3. The third kappa shape index (κ3) is 7.96. The summed E-state index contributed by atoms with van der Waals surface area (Å²) >= 11 is 0. The van der Waals surface area contributed by atoms with Crippen LogP contribution in [0.4, 0.5) is 4.79 Å². The van der Waals surface area contributed by atoms with Crippen molar-refractivity contribution in [2.24, 2.45) is 5.92 Å². The standard InChI is InChI=1S/C22H41N3O7/c1-12-31-20(29)16(17(26)13(2)3)25(11)19(28)14(4)23(9)18(27)15(5)24(10)21(30)32-22(6,7)8/h13-17,26H,12H2,1-11H3/t14-,15+,16-,17-/m1/s1. The maximum Gasteiger partial charge on any atom is 0.410 e. The van der Waals surface area contributed by atoms with E-state index < -0.39 is 53.7 Å². The van der Waals surface area contributed by atoms with Crippen molar-refractivity contribution in [3.63, 3.8) is 0 Å². The lowest BCUT2D eigenvalue weighted by Gasteiger charge is -2.36. The van der Waals surface area contributed by atoms with E-state index >= 15 is 0 Å². The van der Waals surface area contributed by atoms with Crippen LogP contribution in [0.3, 0.4) is 0 Å². The number of hydrogen-bond donors (Lipinski definition) is 1. The quantitative estimate of drug-likeness (QED) is 0.519. The summed E-state index contributed by atoms with van der Waals surface area (Å²) < 4.78 is 10.3. The molecule has 3 amide bonds. The van der Waals surface area contributed by atoms with E-state index in [1.54, 1.807) is 41.5 Å². The highest BCUT2D eigenvalue weighted by Crippen LogP contribution is 2.17. The Morgan fingerprint density at radius 1 is 0.844 bits per heavy atom. The Hall–Kier alpha value is -2.36. The van der Waals surface area contributed by atoms with E-state index in [1.807, 2.05) is 0 Å². The summed E-state index contributed by atoms with van der Waals surface area (Å²) in [4.78, 5) is 54.2. The van der Waals surface area contributed by atoms with E-state index in [0.717, 1.165) is 9.80 Å². The molecule has 10 nitrogen and oxygen atoms in total. The van der Waals surface area contributed by atoms with Crippen LogP contribution in [0.2, 0.25) is 0 Å². The summed E-state index contributed by atoms with van der Waals surface area (Å²) in [6.07, 6.45) is -1.81. The largest absolute Gasteiger partial charge is 0.464 e.